The largest absolute Gasteiger partial charge is 0.454 e. The molecule has 18 heavy (non-hydrogen) atoms. The second-order valence-corrected chi connectivity index (χ2v) is 4.62. The quantitative estimate of drug-likeness (QED) is 0.916. The Balaban J connectivity index is 2.21. The summed E-state index contributed by atoms with van der Waals surface area (Å²) in [5.74, 6) is 0.999. The van der Waals surface area contributed by atoms with Crippen LogP contribution in [-0.2, 0) is 0 Å². The number of halogens is 2. The molecule has 0 spiro atoms. The Labute approximate surface area is 115 Å². The van der Waals surface area contributed by atoms with E-state index in [2.05, 4.69) is 4.98 Å². The minimum atomic E-state index is -0.603. The third kappa shape index (κ3) is 3.13. The Morgan fingerprint density at radius 1 is 1.22 bits per heavy atom. The average Bonchev–Trinajstić information content (AvgIpc) is 2.34. The van der Waals surface area contributed by atoms with Crippen LogP contribution in [0.5, 0.6) is 11.5 Å². The lowest BCUT2D eigenvalue weighted by molar-refractivity contribution is 0.194. The molecule has 2 aromatic rings. The maximum atomic E-state index is 9.34. The van der Waals surface area contributed by atoms with Crippen LogP contribution in [0.25, 0.3) is 0 Å². The highest BCUT2D eigenvalue weighted by Gasteiger charge is 2.06. The molecule has 0 unspecified atom stereocenters. The van der Waals surface area contributed by atoms with Crippen LogP contribution >= 0.6 is 23.2 Å². The van der Waals surface area contributed by atoms with E-state index in [-0.39, 0.29) is 0 Å². The van der Waals surface area contributed by atoms with Crippen molar-refractivity contribution in [1.82, 2.24) is 4.98 Å². The van der Waals surface area contributed by atoms with E-state index < -0.39 is 6.10 Å². The van der Waals surface area contributed by atoms with Gasteiger partial charge in [0.05, 0.1) is 23.0 Å². The monoisotopic (exact) mass is 283 g/mol. The SMILES string of the molecule is C[C@@H](O)c1ccc(Oc2cc(Cl)ccc2Cl)cn1. The second kappa shape index (κ2) is 5.57. The van der Waals surface area contributed by atoms with Gasteiger partial charge in [-0.1, -0.05) is 23.2 Å². The number of hydrogen-bond donors (Lipinski definition) is 1. The molecule has 0 aliphatic carbocycles. The predicted octanol–water partition coefficient (Wildman–Crippen LogP) is 4.23. The fourth-order valence-electron chi connectivity index (χ4n) is 1.38. The fraction of sp³-hybridized carbons (Fsp3) is 0.154. The molecule has 0 aliphatic rings. The summed E-state index contributed by atoms with van der Waals surface area (Å²) in [4.78, 5) is 4.08. The standard InChI is InChI=1S/C13H11Cl2NO2/c1-8(17)12-5-3-10(7-16-12)18-13-6-9(14)2-4-11(13)15/h2-8,17H,1H3/t8-/m1/s1. The zero-order chi connectivity index (χ0) is 13.1. The van der Waals surface area contributed by atoms with Crippen LogP contribution in [0.15, 0.2) is 36.5 Å². The van der Waals surface area contributed by atoms with Gasteiger partial charge in [0.2, 0.25) is 0 Å². The van der Waals surface area contributed by atoms with Crippen LogP contribution < -0.4 is 4.74 Å². The molecular weight excluding hydrogens is 273 g/mol. The summed E-state index contributed by atoms with van der Waals surface area (Å²) < 4.78 is 5.56. The van der Waals surface area contributed by atoms with Crippen molar-refractivity contribution < 1.29 is 9.84 Å². The summed E-state index contributed by atoms with van der Waals surface area (Å²) >= 11 is 11.8. The van der Waals surface area contributed by atoms with E-state index in [9.17, 15) is 5.11 Å². The molecule has 0 saturated heterocycles. The highest BCUT2D eigenvalue weighted by Crippen LogP contribution is 2.31. The number of rotatable bonds is 3. The highest BCUT2D eigenvalue weighted by molar-refractivity contribution is 6.34. The molecule has 94 valence electrons. The van der Waals surface area contributed by atoms with E-state index in [1.807, 2.05) is 0 Å². The van der Waals surface area contributed by atoms with Gasteiger partial charge in [0.1, 0.15) is 11.5 Å². The minimum Gasteiger partial charge on any atom is -0.454 e. The van der Waals surface area contributed by atoms with Crippen LogP contribution in [0.1, 0.15) is 18.7 Å². The van der Waals surface area contributed by atoms with Gasteiger partial charge in [-0.3, -0.25) is 4.98 Å². The topological polar surface area (TPSA) is 42.4 Å². The first-order chi connectivity index (χ1) is 8.56. The number of ether oxygens (including phenoxy) is 1. The molecule has 1 heterocycles. The molecule has 0 bridgehead atoms. The van der Waals surface area contributed by atoms with Crippen LogP contribution in [0.2, 0.25) is 10.0 Å². The number of pyridine rings is 1. The Hall–Kier alpha value is -1.29. The number of aliphatic hydroxyl groups is 1. The molecular formula is C13H11Cl2NO2. The smallest absolute Gasteiger partial charge is 0.147 e. The summed E-state index contributed by atoms with van der Waals surface area (Å²) in [6.07, 6.45) is 0.924. The molecule has 0 radical (unpaired) electrons. The molecule has 3 nitrogen and oxygen atoms in total. The Bertz CT molecular complexity index is 541. The number of nitrogens with zero attached hydrogens (tertiary/aromatic N) is 1. The van der Waals surface area contributed by atoms with E-state index in [0.29, 0.717) is 27.2 Å². The average molecular weight is 284 g/mol. The van der Waals surface area contributed by atoms with E-state index in [1.54, 1.807) is 37.3 Å². The number of benzene rings is 1. The summed E-state index contributed by atoms with van der Waals surface area (Å²) in [5, 5.41) is 10.4. The molecule has 1 aromatic heterocycles. The molecule has 0 fully saturated rings. The lowest BCUT2D eigenvalue weighted by Gasteiger charge is -2.09. The van der Waals surface area contributed by atoms with Gasteiger partial charge in [0, 0.05) is 11.1 Å². The van der Waals surface area contributed by atoms with Gasteiger partial charge < -0.3 is 9.84 Å². The van der Waals surface area contributed by atoms with Gasteiger partial charge in [-0.05, 0) is 31.2 Å². The normalized spacial score (nSPS) is 12.2. The molecule has 1 atom stereocenters. The van der Waals surface area contributed by atoms with Crippen molar-refractivity contribution in [2.75, 3.05) is 0 Å². The summed E-state index contributed by atoms with van der Waals surface area (Å²) in [6.45, 7) is 1.65. The first kappa shape index (κ1) is 13.1. The van der Waals surface area contributed by atoms with Crippen molar-refractivity contribution in [3.05, 3.63) is 52.3 Å². The Morgan fingerprint density at radius 2 is 2.00 bits per heavy atom. The van der Waals surface area contributed by atoms with Crippen molar-refractivity contribution in [3.8, 4) is 11.5 Å². The van der Waals surface area contributed by atoms with Gasteiger partial charge in [0.25, 0.3) is 0 Å². The third-order valence-electron chi connectivity index (χ3n) is 2.31. The van der Waals surface area contributed by atoms with Crippen molar-refractivity contribution in [3.63, 3.8) is 0 Å². The molecule has 5 heteroatoms. The Morgan fingerprint density at radius 3 is 2.61 bits per heavy atom. The molecule has 2 rings (SSSR count). The third-order valence-corrected chi connectivity index (χ3v) is 2.86. The number of hydrogen-bond acceptors (Lipinski definition) is 3. The van der Waals surface area contributed by atoms with Gasteiger partial charge in [-0.25, -0.2) is 0 Å². The first-order valence-electron chi connectivity index (χ1n) is 5.33. The lowest BCUT2D eigenvalue weighted by Crippen LogP contribution is -1.95. The number of aromatic nitrogens is 1. The first-order valence-corrected chi connectivity index (χ1v) is 6.09. The predicted molar refractivity (Wildman–Crippen MR) is 71.4 cm³/mol. The van der Waals surface area contributed by atoms with Gasteiger partial charge >= 0.3 is 0 Å². The van der Waals surface area contributed by atoms with Gasteiger partial charge in [-0.2, -0.15) is 0 Å². The van der Waals surface area contributed by atoms with E-state index >= 15 is 0 Å². The van der Waals surface area contributed by atoms with Crippen molar-refractivity contribution in [2.24, 2.45) is 0 Å². The molecule has 0 amide bonds. The van der Waals surface area contributed by atoms with E-state index in [4.69, 9.17) is 27.9 Å². The number of aliphatic hydroxyl groups excluding tert-OH is 1. The lowest BCUT2D eigenvalue weighted by atomic mass is 10.2. The van der Waals surface area contributed by atoms with Crippen LogP contribution in [0.3, 0.4) is 0 Å². The summed E-state index contributed by atoms with van der Waals surface area (Å²) in [5.41, 5.74) is 0.583. The van der Waals surface area contributed by atoms with Crippen LogP contribution in [0, 0.1) is 0 Å². The molecule has 0 saturated carbocycles. The van der Waals surface area contributed by atoms with Crippen molar-refractivity contribution in [2.45, 2.75) is 13.0 Å². The second-order valence-electron chi connectivity index (χ2n) is 3.77. The maximum absolute atomic E-state index is 9.34. The summed E-state index contributed by atoms with van der Waals surface area (Å²) in [7, 11) is 0. The van der Waals surface area contributed by atoms with Gasteiger partial charge in [-0.15, -0.1) is 0 Å². The molecule has 1 aromatic carbocycles. The zero-order valence-corrected chi connectivity index (χ0v) is 11.1. The minimum absolute atomic E-state index is 0.468. The van der Waals surface area contributed by atoms with Crippen molar-refractivity contribution >= 4 is 23.2 Å². The zero-order valence-electron chi connectivity index (χ0n) is 9.60. The van der Waals surface area contributed by atoms with Crippen LogP contribution in [0.4, 0.5) is 0 Å². The fourth-order valence-corrected chi connectivity index (χ4v) is 1.70. The Kier molecular flexibility index (Phi) is 4.07. The highest BCUT2D eigenvalue weighted by atomic mass is 35.5. The van der Waals surface area contributed by atoms with Gasteiger partial charge in [0.15, 0.2) is 0 Å². The van der Waals surface area contributed by atoms with Crippen molar-refractivity contribution in [1.29, 1.82) is 0 Å². The molecule has 1 N–H and O–H groups in total. The molecule has 0 aliphatic heterocycles. The summed E-state index contributed by atoms with van der Waals surface area (Å²) in [6, 6.07) is 8.39. The van der Waals surface area contributed by atoms with E-state index in [0.717, 1.165) is 0 Å². The van der Waals surface area contributed by atoms with Crippen LogP contribution in [-0.4, -0.2) is 10.1 Å². The van der Waals surface area contributed by atoms with E-state index in [1.165, 1.54) is 6.20 Å². The maximum Gasteiger partial charge on any atom is 0.147 e.